The first-order valence-electron chi connectivity index (χ1n) is 8.32. The van der Waals surface area contributed by atoms with Gasteiger partial charge in [0.2, 0.25) is 5.91 Å². The summed E-state index contributed by atoms with van der Waals surface area (Å²) in [4.78, 5) is 15.1. The summed E-state index contributed by atoms with van der Waals surface area (Å²) in [6.45, 7) is 5.32. The lowest BCUT2D eigenvalue weighted by Crippen LogP contribution is -2.39. The van der Waals surface area contributed by atoms with Crippen molar-refractivity contribution in [1.82, 2.24) is 5.32 Å². The van der Waals surface area contributed by atoms with Crippen molar-refractivity contribution in [2.75, 3.05) is 24.5 Å². The van der Waals surface area contributed by atoms with Gasteiger partial charge in [0, 0.05) is 18.2 Å². The number of fused-ring (bicyclic) bond motifs is 1. The van der Waals surface area contributed by atoms with Crippen molar-refractivity contribution < 1.29 is 4.79 Å². The SMILES string of the molecule is CC1CCN(C(=O)C2CC23CCNCC3)c2ccccc21.Cl. The van der Waals surface area contributed by atoms with Gasteiger partial charge in [0.15, 0.2) is 0 Å². The maximum atomic E-state index is 13.0. The Hall–Kier alpha value is -1.06. The standard InChI is InChI=1S/C18H24N2O.ClH/c1-13-6-11-20(16-5-3-2-4-14(13)16)17(21)15-12-18(15)7-9-19-10-8-18;/h2-5,13,15,19H,6-12H2,1H3;1H. The van der Waals surface area contributed by atoms with Gasteiger partial charge in [-0.2, -0.15) is 0 Å². The number of rotatable bonds is 1. The molecule has 0 bridgehead atoms. The Balaban J connectivity index is 0.00000144. The lowest BCUT2D eigenvalue weighted by atomic mass is 9.89. The molecule has 3 aliphatic rings. The molecule has 1 N–H and O–H groups in total. The molecule has 2 heterocycles. The van der Waals surface area contributed by atoms with E-state index in [-0.39, 0.29) is 18.3 Å². The third-order valence-corrected chi connectivity index (χ3v) is 5.90. The fourth-order valence-electron chi connectivity index (χ4n) is 4.34. The fourth-order valence-corrected chi connectivity index (χ4v) is 4.34. The highest BCUT2D eigenvalue weighted by Crippen LogP contribution is 2.59. The van der Waals surface area contributed by atoms with Crippen LogP contribution in [0.4, 0.5) is 5.69 Å². The number of hydrogen-bond acceptors (Lipinski definition) is 2. The summed E-state index contributed by atoms with van der Waals surface area (Å²) >= 11 is 0. The molecule has 0 radical (unpaired) electrons. The van der Waals surface area contributed by atoms with Gasteiger partial charge in [-0.1, -0.05) is 25.1 Å². The molecular weight excluding hydrogens is 296 g/mol. The predicted octanol–water partition coefficient (Wildman–Crippen LogP) is 3.34. The molecule has 22 heavy (non-hydrogen) atoms. The number of hydrogen-bond donors (Lipinski definition) is 1. The molecule has 1 saturated heterocycles. The topological polar surface area (TPSA) is 32.3 Å². The normalized spacial score (nSPS) is 28.7. The first kappa shape index (κ1) is 15.8. The molecule has 2 fully saturated rings. The number of para-hydroxylation sites is 1. The summed E-state index contributed by atoms with van der Waals surface area (Å²) in [5, 5.41) is 3.42. The van der Waals surface area contributed by atoms with E-state index in [0.717, 1.165) is 38.2 Å². The molecule has 1 aliphatic carbocycles. The summed E-state index contributed by atoms with van der Waals surface area (Å²) in [6.07, 6.45) is 4.55. The zero-order chi connectivity index (χ0) is 14.4. The Morgan fingerprint density at radius 3 is 2.77 bits per heavy atom. The van der Waals surface area contributed by atoms with Crippen LogP contribution in [0.5, 0.6) is 0 Å². The van der Waals surface area contributed by atoms with E-state index >= 15 is 0 Å². The minimum absolute atomic E-state index is 0. The van der Waals surface area contributed by atoms with Crippen LogP contribution in [-0.4, -0.2) is 25.5 Å². The van der Waals surface area contributed by atoms with Crippen LogP contribution in [0, 0.1) is 11.3 Å². The Morgan fingerprint density at radius 1 is 1.27 bits per heavy atom. The molecule has 2 aliphatic heterocycles. The van der Waals surface area contributed by atoms with Gasteiger partial charge in [0.05, 0.1) is 0 Å². The molecule has 1 amide bonds. The average Bonchev–Trinajstić information content (AvgIpc) is 3.21. The van der Waals surface area contributed by atoms with E-state index in [2.05, 4.69) is 41.4 Å². The van der Waals surface area contributed by atoms with Crippen LogP contribution in [0.25, 0.3) is 0 Å². The number of nitrogens with zero attached hydrogens (tertiary/aromatic N) is 1. The molecule has 1 spiro atoms. The van der Waals surface area contributed by atoms with E-state index in [0.29, 0.717) is 17.2 Å². The quantitative estimate of drug-likeness (QED) is 0.860. The summed E-state index contributed by atoms with van der Waals surface area (Å²) < 4.78 is 0. The Bertz CT molecular complexity index is 568. The van der Waals surface area contributed by atoms with Crippen LogP contribution in [0.3, 0.4) is 0 Å². The highest BCUT2D eigenvalue weighted by atomic mass is 35.5. The molecule has 1 saturated carbocycles. The highest BCUT2D eigenvalue weighted by Gasteiger charge is 2.58. The van der Waals surface area contributed by atoms with Gasteiger partial charge in [0.1, 0.15) is 0 Å². The van der Waals surface area contributed by atoms with E-state index in [1.165, 1.54) is 18.4 Å². The van der Waals surface area contributed by atoms with Crippen molar-refractivity contribution in [2.45, 2.75) is 38.5 Å². The van der Waals surface area contributed by atoms with E-state index in [1.807, 2.05) is 0 Å². The van der Waals surface area contributed by atoms with Crippen LogP contribution >= 0.6 is 12.4 Å². The van der Waals surface area contributed by atoms with E-state index in [1.54, 1.807) is 0 Å². The van der Waals surface area contributed by atoms with Crippen LogP contribution in [0.1, 0.15) is 44.1 Å². The number of nitrogens with one attached hydrogen (secondary N) is 1. The Kier molecular flexibility index (Phi) is 4.21. The zero-order valence-electron chi connectivity index (χ0n) is 13.2. The summed E-state index contributed by atoms with van der Waals surface area (Å²) in [5.41, 5.74) is 2.84. The zero-order valence-corrected chi connectivity index (χ0v) is 14.0. The number of halogens is 1. The molecule has 1 aromatic rings. The fraction of sp³-hybridized carbons (Fsp3) is 0.611. The maximum absolute atomic E-state index is 13.0. The molecule has 3 nitrogen and oxygen atoms in total. The van der Waals surface area contributed by atoms with Crippen molar-refractivity contribution in [2.24, 2.45) is 11.3 Å². The van der Waals surface area contributed by atoms with Crippen molar-refractivity contribution in [3.63, 3.8) is 0 Å². The van der Waals surface area contributed by atoms with Gasteiger partial charge in [0.25, 0.3) is 0 Å². The number of piperidine rings is 1. The van der Waals surface area contributed by atoms with Crippen molar-refractivity contribution in [1.29, 1.82) is 0 Å². The smallest absolute Gasteiger partial charge is 0.230 e. The van der Waals surface area contributed by atoms with Gasteiger partial charge < -0.3 is 10.2 Å². The predicted molar refractivity (Wildman–Crippen MR) is 91.7 cm³/mol. The Labute approximate surface area is 138 Å². The highest BCUT2D eigenvalue weighted by molar-refractivity contribution is 5.98. The summed E-state index contributed by atoms with van der Waals surface area (Å²) in [6, 6.07) is 8.46. The monoisotopic (exact) mass is 320 g/mol. The third kappa shape index (κ3) is 2.44. The summed E-state index contributed by atoms with van der Waals surface area (Å²) in [7, 11) is 0. The van der Waals surface area contributed by atoms with E-state index in [9.17, 15) is 4.79 Å². The lowest BCUT2D eigenvalue weighted by Gasteiger charge is -2.34. The van der Waals surface area contributed by atoms with Crippen molar-refractivity contribution in [3.8, 4) is 0 Å². The molecule has 4 rings (SSSR count). The molecule has 120 valence electrons. The minimum Gasteiger partial charge on any atom is -0.317 e. The molecule has 2 unspecified atom stereocenters. The van der Waals surface area contributed by atoms with Gasteiger partial charge in [-0.25, -0.2) is 0 Å². The second kappa shape index (κ2) is 5.86. The third-order valence-electron chi connectivity index (χ3n) is 5.90. The number of anilines is 1. The van der Waals surface area contributed by atoms with Gasteiger partial charge in [-0.05, 0) is 61.7 Å². The molecule has 4 heteroatoms. The van der Waals surface area contributed by atoms with Crippen LogP contribution < -0.4 is 10.2 Å². The van der Waals surface area contributed by atoms with Gasteiger partial charge >= 0.3 is 0 Å². The van der Waals surface area contributed by atoms with Crippen molar-refractivity contribution in [3.05, 3.63) is 29.8 Å². The van der Waals surface area contributed by atoms with Crippen molar-refractivity contribution >= 4 is 24.0 Å². The second-order valence-electron chi connectivity index (χ2n) is 7.11. The van der Waals surface area contributed by atoms with Gasteiger partial charge in [-0.15, -0.1) is 12.4 Å². The van der Waals surface area contributed by atoms with E-state index in [4.69, 9.17) is 0 Å². The number of carbonyl (C=O) groups excluding carboxylic acids is 1. The van der Waals surface area contributed by atoms with Crippen LogP contribution in [-0.2, 0) is 4.79 Å². The number of carbonyl (C=O) groups is 1. The average molecular weight is 321 g/mol. The second-order valence-corrected chi connectivity index (χ2v) is 7.11. The van der Waals surface area contributed by atoms with Gasteiger partial charge in [-0.3, -0.25) is 4.79 Å². The minimum atomic E-state index is 0. The molecule has 2 atom stereocenters. The molecule has 0 aromatic heterocycles. The largest absolute Gasteiger partial charge is 0.317 e. The number of benzene rings is 1. The lowest BCUT2D eigenvalue weighted by molar-refractivity contribution is -0.120. The first-order valence-corrected chi connectivity index (χ1v) is 8.32. The van der Waals surface area contributed by atoms with E-state index < -0.39 is 0 Å². The van der Waals surface area contributed by atoms with Crippen LogP contribution in [0.2, 0.25) is 0 Å². The first-order chi connectivity index (χ1) is 10.2. The molecular formula is C18H25ClN2O. The number of amides is 1. The molecule has 1 aromatic carbocycles. The summed E-state index contributed by atoms with van der Waals surface area (Å²) in [5.74, 6) is 1.23. The van der Waals surface area contributed by atoms with Crippen LogP contribution in [0.15, 0.2) is 24.3 Å². The maximum Gasteiger partial charge on any atom is 0.230 e. The Morgan fingerprint density at radius 2 is 2.00 bits per heavy atom.